The van der Waals surface area contributed by atoms with Crippen LogP contribution in [0.25, 0.3) is 0 Å². The molecule has 92 valence electrons. The standard InChI is InChI=1S/C9H20ClNO3S/c1-3-5-9(8-14-2)11-15(12,13)7-4-6-10/h9,11H,3-8H2,1-2H3. The Bertz CT molecular complexity index is 238. The van der Waals surface area contributed by atoms with E-state index >= 15 is 0 Å². The van der Waals surface area contributed by atoms with E-state index in [1.165, 1.54) is 0 Å². The molecule has 0 saturated carbocycles. The second-order valence-corrected chi connectivity index (χ2v) is 5.67. The molecule has 0 aliphatic carbocycles. The predicted molar refractivity (Wildman–Crippen MR) is 62.8 cm³/mol. The molecule has 0 saturated heterocycles. The Hall–Kier alpha value is 0.160. The third-order valence-corrected chi connectivity index (χ3v) is 3.68. The number of halogens is 1. The normalized spacial score (nSPS) is 14.1. The average Bonchev–Trinajstić information content (AvgIpc) is 2.15. The molecule has 0 bridgehead atoms. The van der Waals surface area contributed by atoms with E-state index in [4.69, 9.17) is 16.3 Å². The summed E-state index contributed by atoms with van der Waals surface area (Å²) < 4.78 is 30.6. The summed E-state index contributed by atoms with van der Waals surface area (Å²) in [6.45, 7) is 2.42. The van der Waals surface area contributed by atoms with Crippen molar-refractivity contribution in [3.63, 3.8) is 0 Å². The van der Waals surface area contributed by atoms with E-state index in [1.54, 1.807) is 7.11 Å². The van der Waals surface area contributed by atoms with E-state index in [-0.39, 0.29) is 11.8 Å². The zero-order valence-electron chi connectivity index (χ0n) is 9.33. The summed E-state index contributed by atoms with van der Waals surface area (Å²) in [7, 11) is -1.64. The summed E-state index contributed by atoms with van der Waals surface area (Å²) in [5.41, 5.74) is 0. The van der Waals surface area contributed by atoms with Gasteiger partial charge in [0.2, 0.25) is 10.0 Å². The lowest BCUT2D eigenvalue weighted by molar-refractivity contribution is 0.171. The van der Waals surface area contributed by atoms with Crippen LogP contribution < -0.4 is 4.72 Å². The molecule has 15 heavy (non-hydrogen) atoms. The van der Waals surface area contributed by atoms with Crippen molar-refractivity contribution in [3.8, 4) is 0 Å². The molecule has 0 fully saturated rings. The Kier molecular flexibility index (Phi) is 8.42. The molecule has 0 aliphatic heterocycles. The largest absolute Gasteiger partial charge is 0.383 e. The van der Waals surface area contributed by atoms with Crippen LogP contribution in [0, 0.1) is 0 Å². The van der Waals surface area contributed by atoms with Crippen molar-refractivity contribution < 1.29 is 13.2 Å². The first kappa shape index (κ1) is 15.2. The third-order valence-electron chi connectivity index (χ3n) is 1.90. The average molecular weight is 258 g/mol. The molecule has 0 rings (SSSR count). The number of sulfonamides is 1. The summed E-state index contributed by atoms with van der Waals surface area (Å²) in [6.07, 6.45) is 2.18. The van der Waals surface area contributed by atoms with Crippen molar-refractivity contribution in [2.75, 3.05) is 25.3 Å². The Morgan fingerprint density at radius 1 is 1.47 bits per heavy atom. The number of rotatable bonds is 9. The van der Waals surface area contributed by atoms with Gasteiger partial charge in [0.25, 0.3) is 0 Å². The van der Waals surface area contributed by atoms with Crippen molar-refractivity contribution in [1.29, 1.82) is 0 Å². The first-order chi connectivity index (χ1) is 7.05. The Balaban J connectivity index is 4.12. The SMILES string of the molecule is CCCC(COC)NS(=O)(=O)CCCCl. The molecule has 4 nitrogen and oxygen atoms in total. The van der Waals surface area contributed by atoms with E-state index in [1.807, 2.05) is 6.92 Å². The van der Waals surface area contributed by atoms with Gasteiger partial charge >= 0.3 is 0 Å². The van der Waals surface area contributed by atoms with Crippen LogP contribution >= 0.6 is 11.6 Å². The molecule has 1 atom stereocenters. The van der Waals surface area contributed by atoms with Gasteiger partial charge in [-0.2, -0.15) is 0 Å². The van der Waals surface area contributed by atoms with Crippen LogP contribution in [0.2, 0.25) is 0 Å². The highest BCUT2D eigenvalue weighted by Crippen LogP contribution is 2.01. The lowest BCUT2D eigenvalue weighted by atomic mass is 10.2. The van der Waals surface area contributed by atoms with Crippen molar-refractivity contribution in [2.24, 2.45) is 0 Å². The van der Waals surface area contributed by atoms with Gasteiger partial charge in [-0.15, -0.1) is 11.6 Å². The van der Waals surface area contributed by atoms with Gasteiger partial charge in [-0.1, -0.05) is 13.3 Å². The van der Waals surface area contributed by atoms with Gasteiger partial charge in [-0.25, -0.2) is 13.1 Å². The third kappa shape index (κ3) is 8.02. The van der Waals surface area contributed by atoms with Gasteiger partial charge in [-0.05, 0) is 12.8 Å². The van der Waals surface area contributed by atoms with Crippen LogP contribution in [-0.2, 0) is 14.8 Å². The summed E-state index contributed by atoms with van der Waals surface area (Å²) in [5.74, 6) is 0.448. The van der Waals surface area contributed by atoms with Gasteiger partial charge in [0.05, 0.1) is 12.4 Å². The molecule has 0 spiro atoms. The van der Waals surface area contributed by atoms with Crippen molar-refractivity contribution in [2.45, 2.75) is 32.2 Å². The molecule has 0 aliphatic rings. The molecule has 0 aromatic carbocycles. The van der Waals surface area contributed by atoms with Crippen LogP contribution in [-0.4, -0.2) is 39.8 Å². The first-order valence-corrected chi connectivity index (χ1v) is 7.29. The van der Waals surface area contributed by atoms with Crippen LogP contribution in [0.4, 0.5) is 0 Å². The first-order valence-electron chi connectivity index (χ1n) is 5.10. The van der Waals surface area contributed by atoms with Crippen LogP contribution in [0.3, 0.4) is 0 Å². The minimum absolute atomic E-state index is 0.0838. The fourth-order valence-electron chi connectivity index (χ4n) is 1.28. The van der Waals surface area contributed by atoms with Gasteiger partial charge in [-0.3, -0.25) is 0 Å². The fraction of sp³-hybridized carbons (Fsp3) is 1.00. The molecular weight excluding hydrogens is 238 g/mol. The van der Waals surface area contributed by atoms with Crippen molar-refractivity contribution >= 4 is 21.6 Å². The molecule has 0 aromatic heterocycles. The van der Waals surface area contributed by atoms with E-state index in [0.29, 0.717) is 18.9 Å². The van der Waals surface area contributed by atoms with Crippen LogP contribution in [0.15, 0.2) is 0 Å². The maximum atomic E-state index is 11.5. The van der Waals surface area contributed by atoms with E-state index in [9.17, 15) is 8.42 Å². The molecule has 0 radical (unpaired) electrons. The van der Waals surface area contributed by atoms with Crippen LogP contribution in [0.5, 0.6) is 0 Å². The molecule has 0 amide bonds. The highest BCUT2D eigenvalue weighted by molar-refractivity contribution is 7.89. The highest BCUT2D eigenvalue weighted by atomic mass is 35.5. The van der Waals surface area contributed by atoms with E-state index in [0.717, 1.165) is 12.8 Å². The van der Waals surface area contributed by atoms with Crippen molar-refractivity contribution in [3.05, 3.63) is 0 Å². The quantitative estimate of drug-likeness (QED) is 0.635. The summed E-state index contributed by atoms with van der Waals surface area (Å²) in [6, 6.07) is -0.125. The monoisotopic (exact) mass is 257 g/mol. The Morgan fingerprint density at radius 3 is 2.60 bits per heavy atom. The molecule has 1 unspecified atom stereocenters. The van der Waals surface area contributed by atoms with Gasteiger partial charge < -0.3 is 4.74 Å². The zero-order valence-corrected chi connectivity index (χ0v) is 10.9. The fourth-order valence-corrected chi connectivity index (χ4v) is 2.91. The number of alkyl halides is 1. The number of ether oxygens (including phenoxy) is 1. The second kappa shape index (κ2) is 8.33. The van der Waals surface area contributed by atoms with Gasteiger partial charge in [0.1, 0.15) is 0 Å². The smallest absolute Gasteiger partial charge is 0.211 e. The topological polar surface area (TPSA) is 55.4 Å². The lowest BCUT2D eigenvalue weighted by Gasteiger charge is -2.16. The summed E-state index contributed by atoms with van der Waals surface area (Å²) in [4.78, 5) is 0. The van der Waals surface area contributed by atoms with E-state index < -0.39 is 10.0 Å². The summed E-state index contributed by atoms with van der Waals surface area (Å²) in [5, 5.41) is 0. The maximum Gasteiger partial charge on any atom is 0.211 e. The number of hydrogen-bond acceptors (Lipinski definition) is 3. The number of nitrogens with one attached hydrogen (secondary N) is 1. The van der Waals surface area contributed by atoms with Gasteiger partial charge in [0, 0.05) is 19.0 Å². The molecule has 0 heterocycles. The molecule has 0 aromatic rings. The minimum atomic E-state index is -3.20. The maximum absolute atomic E-state index is 11.5. The predicted octanol–water partition coefficient (Wildman–Crippen LogP) is 1.35. The lowest BCUT2D eigenvalue weighted by Crippen LogP contribution is -2.39. The minimum Gasteiger partial charge on any atom is -0.383 e. The van der Waals surface area contributed by atoms with Crippen molar-refractivity contribution in [1.82, 2.24) is 4.72 Å². The second-order valence-electron chi connectivity index (χ2n) is 3.42. The van der Waals surface area contributed by atoms with Gasteiger partial charge in [0.15, 0.2) is 0 Å². The number of methoxy groups -OCH3 is 1. The van der Waals surface area contributed by atoms with Crippen LogP contribution in [0.1, 0.15) is 26.2 Å². The molecular formula is C9H20ClNO3S. The number of hydrogen-bond donors (Lipinski definition) is 1. The Labute approximate surface area is 97.4 Å². The molecule has 1 N–H and O–H groups in total. The van der Waals surface area contributed by atoms with E-state index in [2.05, 4.69) is 4.72 Å². The zero-order chi connectivity index (χ0) is 11.7. The summed E-state index contributed by atoms with van der Waals surface area (Å²) >= 11 is 5.45. The Morgan fingerprint density at radius 2 is 2.13 bits per heavy atom. The molecule has 6 heteroatoms. The highest BCUT2D eigenvalue weighted by Gasteiger charge is 2.16.